The summed E-state index contributed by atoms with van der Waals surface area (Å²) in [5.41, 5.74) is 1.44. The topological polar surface area (TPSA) is 119 Å². The van der Waals surface area contributed by atoms with Crippen molar-refractivity contribution in [3.05, 3.63) is 57.8 Å². The number of carbonyl (C=O) groups is 1. The summed E-state index contributed by atoms with van der Waals surface area (Å²) in [7, 11) is 0. The highest BCUT2D eigenvalue weighted by Crippen LogP contribution is 2.35. The second-order valence-corrected chi connectivity index (χ2v) is 6.57. The van der Waals surface area contributed by atoms with Crippen LogP contribution in [-0.2, 0) is 6.54 Å². The maximum Gasteiger partial charge on any atom is 0.258 e. The number of pyridine rings is 1. The summed E-state index contributed by atoms with van der Waals surface area (Å²) in [4.78, 5) is 31.0. The summed E-state index contributed by atoms with van der Waals surface area (Å²) < 4.78 is 15.9. The second-order valence-electron chi connectivity index (χ2n) is 6.57. The van der Waals surface area contributed by atoms with E-state index in [0.717, 1.165) is 0 Å². The fourth-order valence-electron chi connectivity index (χ4n) is 2.87. The molecule has 0 unspecified atom stereocenters. The van der Waals surface area contributed by atoms with Crippen LogP contribution in [0.5, 0.6) is 11.5 Å². The number of nitrogens with one attached hydrogen (secondary N) is 2. The van der Waals surface area contributed by atoms with Crippen molar-refractivity contribution < 1.29 is 18.8 Å². The van der Waals surface area contributed by atoms with Crippen LogP contribution in [0, 0.1) is 0 Å². The molecule has 0 spiro atoms. The van der Waals surface area contributed by atoms with E-state index >= 15 is 0 Å². The molecule has 0 aliphatic carbocycles. The zero-order valence-corrected chi connectivity index (χ0v) is 15.3. The van der Waals surface area contributed by atoms with Gasteiger partial charge in [0.15, 0.2) is 17.3 Å². The van der Waals surface area contributed by atoms with Gasteiger partial charge in [-0.15, -0.1) is 0 Å². The van der Waals surface area contributed by atoms with Gasteiger partial charge in [-0.1, -0.05) is 19.0 Å². The Bertz CT molecular complexity index is 1090. The fourth-order valence-corrected chi connectivity index (χ4v) is 2.87. The van der Waals surface area contributed by atoms with Crippen LogP contribution in [0.15, 0.2) is 39.6 Å². The van der Waals surface area contributed by atoms with E-state index in [0.29, 0.717) is 40.0 Å². The SMILES string of the molecule is CC(C)c1[nH]c(=O)ccc1C(=O)NCc1noc(-c2ccc3c(c2)OCO3)n1. The minimum atomic E-state index is -0.325. The molecule has 1 amide bonds. The van der Waals surface area contributed by atoms with Crippen LogP contribution in [0.4, 0.5) is 0 Å². The Morgan fingerprint density at radius 2 is 2.04 bits per heavy atom. The monoisotopic (exact) mass is 382 g/mol. The van der Waals surface area contributed by atoms with Crippen LogP contribution in [0.25, 0.3) is 11.5 Å². The highest BCUT2D eigenvalue weighted by Gasteiger charge is 2.18. The van der Waals surface area contributed by atoms with E-state index in [1.165, 1.54) is 12.1 Å². The fraction of sp³-hybridized carbons (Fsp3) is 0.263. The first-order valence-electron chi connectivity index (χ1n) is 8.75. The Kier molecular flexibility index (Phi) is 4.56. The molecule has 4 rings (SSSR count). The summed E-state index contributed by atoms with van der Waals surface area (Å²) in [6, 6.07) is 8.16. The number of rotatable bonds is 5. The van der Waals surface area contributed by atoms with Crippen molar-refractivity contribution in [2.24, 2.45) is 0 Å². The number of hydrogen-bond donors (Lipinski definition) is 2. The van der Waals surface area contributed by atoms with Gasteiger partial charge in [0, 0.05) is 17.3 Å². The van der Waals surface area contributed by atoms with Gasteiger partial charge in [-0.2, -0.15) is 4.98 Å². The van der Waals surface area contributed by atoms with Crippen molar-refractivity contribution in [1.29, 1.82) is 0 Å². The van der Waals surface area contributed by atoms with Crippen molar-refractivity contribution >= 4 is 5.91 Å². The summed E-state index contributed by atoms with van der Waals surface area (Å²) in [6.45, 7) is 4.07. The molecule has 3 aromatic rings. The van der Waals surface area contributed by atoms with E-state index in [1.807, 2.05) is 13.8 Å². The number of amides is 1. The standard InChI is InChI=1S/C19H18N4O5/c1-10(2)17-12(4-6-16(24)22-17)18(25)20-8-15-21-19(28-23-15)11-3-5-13-14(7-11)27-9-26-13/h3-7,10H,8-9H2,1-2H3,(H,20,25)(H,22,24). The van der Waals surface area contributed by atoms with Gasteiger partial charge in [0.25, 0.3) is 11.8 Å². The van der Waals surface area contributed by atoms with Crippen molar-refractivity contribution in [3.63, 3.8) is 0 Å². The number of ether oxygens (including phenoxy) is 2. The Morgan fingerprint density at radius 1 is 1.21 bits per heavy atom. The molecule has 2 aromatic heterocycles. The van der Waals surface area contributed by atoms with Gasteiger partial charge in [-0.05, 0) is 30.2 Å². The Hall–Kier alpha value is -3.62. The van der Waals surface area contributed by atoms with Crippen LogP contribution in [0.3, 0.4) is 0 Å². The third-order valence-electron chi connectivity index (χ3n) is 4.27. The molecule has 0 atom stereocenters. The van der Waals surface area contributed by atoms with Crippen molar-refractivity contribution in [1.82, 2.24) is 20.4 Å². The van der Waals surface area contributed by atoms with Crippen LogP contribution in [0.1, 0.15) is 41.6 Å². The molecule has 144 valence electrons. The minimum Gasteiger partial charge on any atom is -0.454 e. The molecule has 0 saturated heterocycles. The Labute approximate surface area is 159 Å². The Balaban J connectivity index is 1.47. The number of carbonyl (C=O) groups excluding carboxylic acids is 1. The number of aromatic amines is 1. The second kappa shape index (κ2) is 7.18. The van der Waals surface area contributed by atoms with Gasteiger partial charge in [0.05, 0.1) is 12.1 Å². The maximum absolute atomic E-state index is 12.5. The van der Waals surface area contributed by atoms with Crippen molar-refractivity contribution in [2.45, 2.75) is 26.3 Å². The quantitative estimate of drug-likeness (QED) is 0.694. The minimum absolute atomic E-state index is 0.00237. The van der Waals surface area contributed by atoms with Gasteiger partial charge < -0.3 is 24.3 Å². The van der Waals surface area contributed by atoms with Crippen LogP contribution in [-0.4, -0.2) is 27.8 Å². The molecule has 0 radical (unpaired) electrons. The molecule has 1 aromatic carbocycles. The third kappa shape index (κ3) is 3.46. The largest absolute Gasteiger partial charge is 0.454 e. The molecule has 0 saturated carbocycles. The molecule has 1 aliphatic heterocycles. The normalized spacial score (nSPS) is 12.4. The number of benzene rings is 1. The summed E-state index contributed by atoms with van der Waals surface area (Å²) in [6.07, 6.45) is 0. The molecule has 9 heteroatoms. The van der Waals surface area contributed by atoms with E-state index in [4.69, 9.17) is 14.0 Å². The molecule has 9 nitrogen and oxygen atoms in total. The molecular weight excluding hydrogens is 364 g/mol. The Morgan fingerprint density at radius 3 is 2.86 bits per heavy atom. The number of aromatic nitrogens is 3. The summed E-state index contributed by atoms with van der Waals surface area (Å²) in [5.74, 6) is 1.60. The molecule has 2 N–H and O–H groups in total. The van der Waals surface area contributed by atoms with E-state index in [-0.39, 0.29) is 30.7 Å². The molecule has 1 aliphatic rings. The number of hydrogen-bond acceptors (Lipinski definition) is 7. The van der Waals surface area contributed by atoms with E-state index in [2.05, 4.69) is 20.4 Å². The zero-order valence-electron chi connectivity index (χ0n) is 15.3. The number of nitrogens with zero attached hydrogens (tertiary/aromatic N) is 2. The lowest BCUT2D eigenvalue weighted by Crippen LogP contribution is -2.26. The summed E-state index contributed by atoms with van der Waals surface area (Å²) >= 11 is 0. The number of H-pyrrole nitrogens is 1. The molecule has 0 bridgehead atoms. The van der Waals surface area contributed by atoms with Crippen LogP contribution < -0.4 is 20.3 Å². The average molecular weight is 382 g/mol. The highest BCUT2D eigenvalue weighted by molar-refractivity contribution is 5.95. The van der Waals surface area contributed by atoms with E-state index in [1.54, 1.807) is 18.2 Å². The predicted octanol–water partition coefficient (Wildman–Crippen LogP) is 2.21. The lowest BCUT2D eigenvalue weighted by Gasteiger charge is -2.11. The maximum atomic E-state index is 12.5. The molecular formula is C19H18N4O5. The van der Waals surface area contributed by atoms with Gasteiger partial charge >= 0.3 is 0 Å². The molecule has 0 fully saturated rings. The lowest BCUT2D eigenvalue weighted by atomic mass is 10.0. The van der Waals surface area contributed by atoms with Crippen molar-refractivity contribution in [3.8, 4) is 23.0 Å². The van der Waals surface area contributed by atoms with E-state index in [9.17, 15) is 9.59 Å². The smallest absolute Gasteiger partial charge is 0.258 e. The van der Waals surface area contributed by atoms with Gasteiger partial charge in [-0.3, -0.25) is 9.59 Å². The molecule has 28 heavy (non-hydrogen) atoms. The van der Waals surface area contributed by atoms with E-state index < -0.39 is 0 Å². The predicted molar refractivity (Wildman–Crippen MR) is 98.2 cm³/mol. The average Bonchev–Trinajstić information content (AvgIpc) is 3.34. The number of fused-ring (bicyclic) bond motifs is 1. The first-order valence-corrected chi connectivity index (χ1v) is 8.75. The van der Waals surface area contributed by atoms with Crippen LogP contribution in [0.2, 0.25) is 0 Å². The van der Waals surface area contributed by atoms with Gasteiger partial charge in [0.1, 0.15) is 0 Å². The van der Waals surface area contributed by atoms with Crippen molar-refractivity contribution in [2.75, 3.05) is 6.79 Å². The lowest BCUT2D eigenvalue weighted by molar-refractivity contribution is 0.0947. The zero-order chi connectivity index (χ0) is 19.7. The first-order chi connectivity index (χ1) is 13.5. The first kappa shape index (κ1) is 17.8. The van der Waals surface area contributed by atoms with Crippen LogP contribution >= 0.6 is 0 Å². The molecule has 3 heterocycles. The highest BCUT2D eigenvalue weighted by atomic mass is 16.7. The third-order valence-corrected chi connectivity index (χ3v) is 4.27. The van der Waals surface area contributed by atoms with Gasteiger partial charge in [0.2, 0.25) is 12.4 Å². The summed E-state index contributed by atoms with van der Waals surface area (Å²) in [5, 5.41) is 6.64. The van der Waals surface area contributed by atoms with Gasteiger partial charge in [-0.25, -0.2) is 0 Å².